The van der Waals surface area contributed by atoms with Crippen LogP contribution in [0.1, 0.15) is 10.4 Å². The molecule has 6 heteroatoms. The molecule has 0 aromatic heterocycles. The highest BCUT2D eigenvalue weighted by molar-refractivity contribution is 9.10. The van der Waals surface area contributed by atoms with Crippen LogP contribution in [0, 0.1) is 0 Å². The molecule has 0 aliphatic heterocycles. The Morgan fingerprint density at radius 3 is 2.65 bits per heavy atom. The number of benzene rings is 1. The summed E-state index contributed by atoms with van der Waals surface area (Å²) in [6.45, 7) is 0.613. The zero-order chi connectivity index (χ0) is 12.8. The van der Waals surface area contributed by atoms with Crippen LogP contribution >= 0.6 is 15.9 Å². The van der Waals surface area contributed by atoms with Crippen molar-refractivity contribution < 1.29 is 9.53 Å². The van der Waals surface area contributed by atoms with Crippen molar-refractivity contribution in [2.75, 3.05) is 20.2 Å². The van der Waals surface area contributed by atoms with E-state index in [1.165, 1.54) is 7.11 Å². The Kier molecular flexibility index (Phi) is 5.40. The molecule has 0 saturated carbocycles. The van der Waals surface area contributed by atoms with Gasteiger partial charge in [0.25, 0.3) is 5.91 Å². The van der Waals surface area contributed by atoms with Crippen molar-refractivity contribution in [3.63, 3.8) is 0 Å². The summed E-state index contributed by atoms with van der Waals surface area (Å²) in [6, 6.07) is 4.96. The third-order valence-corrected chi connectivity index (χ3v) is 2.81. The van der Waals surface area contributed by atoms with Gasteiger partial charge in [-0.1, -0.05) is 15.9 Å². The summed E-state index contributed by atoms with van der Waals surface area (Å²) < 4.78 is 5.99. The maximum atomic E-state index is 11.9. The lowest BCUT2D eigenvalue weighted by molar-refractivity contribution is 0.0936. The molecule has 0 heterocycles. The molecular weight excluding hydrogens is 286 g/mol. The smallest absolute Gasteiger partial charge is 0.255 e. The quantitative estimate of drug-likeness (QED) is 0.737. The number of rotatable bonds is 5. The maximum absolute atomic E-state index is 11.9. The van der Waals surface area contributed by atoms with Gasteiger partial charge in [0.15, 0.2) is 0 Å². The summed E-state index contributed by atoms with van der Waals surface area (Å²) >= 11 is 3.31. The molecule has 94 valence electrons. The Morgan fingerprint density at radius 1 is 1.47 bits per heavy atom. The van der Waals surface area contributed by atoms with Crippen LogP contribution < -0.4 is 21.5 Å². The zero-order valence-corrected chi connectivity index (χ0v) is 11.2. The number of halogens is 1. The number of hydrogen-bond donors (Lipinski definition) is 3. The Labute approximate surface area is 109 Å². The summed E-state index contributed by atoms with van der Waals surface area (Å²) in [5.74, 6) is 0.264. The molecule has 0 atom stereocenters. The van der Waals surface area contributed by atoms with Gasteiger partial charge in [0.2, 0.25) is 0 Å². The van der Waals surface area contributed by atoms with Crippen molar-refractivity contribution in [3.05, 3.63) is 28.2 Å². The van der Waals surface area contributed by atoms with E-state index in [1.807, 2.05) is 0 Å². The minimum Gasteiger partial charge on any atom is -0.496 e. The Hall–Kier alpha value is -1.11. The molecule has 0 bridgehead atoms. The molecule has 0 aliphatic carbocycles. The highest BCUT2D eigenvalue weighted by Gasteiger charge is 2.15. The van der Waals surface area contributed by atoms with Gasteiger partial charge in [-0.25, -0.2) is 0 Å². The molecule has 1 rings (SSSR count). The van der Waals surface area contributed by atoms with Crippen LogP contribution in [-0.2, 0) is 0 Å². The lowest BCUT2D eigenvalue weighted by atomic mass is 10.1. The molecule has 1 aromatic rings. The number of methoxy groups -OCH3 is 1. The lowest BCUT2D eigenvalue weighted by Crippen LogP contribution is -2.45. The van der Waals surface area contributed by atoms with Crippen LogP contribution in [0.4, 0.5) is 0 Å². The largest absolute Gasteiger partial charge is 0.496 e. The fourth-order valence-corrected chi connectivity index (χ4v) is 1.67. The summed E-state index contributed by atoms with van der Waals surface area (Å²) in [4.78, 5) is 11.9. The molecule has 1 aromatic carbocycles. The van der Waals surface area contributed by atoms with Gasteiger partial charge in [0, 0.05) is 17.6 Å². The van der Waals surface area contributed by atoms with E-state index in [1.54, 1.807) is 18.2 Å². The first-order valence-electron chi connectivity index (χ1n) is 5.17. The fraction of sp³-hybridized carbons (Fsp3) is 0.364. The zero-order valence-electron chi connectivity index (χ0n) is 9.57. The molecule has 5 nitrogen and oxygen atoms in total. The highest BCUT2D eigenvalue weighted by atomic mass is 79.9. The predicted octanol–water partition coefficient (Wildman–Crippen LogP) is 0.474. The van der Waals surface area contributed by atoms with Crippen molar-refractivity contribution in [2.24, 2.45) is 11.5 Å². The van der Waals surface area contributed by atoms with Gasteiger partial charge in [0.1, 0.15) is 5.75 Å². The van der Waals surface area contributed by atoms with Crippen LogP contribution in [-0.4, -0.2) is 32.1 Å². The van der Waals surface area contributed by atoms with Gasteiger partial charge >= 0.3 is 0 Å². The number of nitrogens with one attached hydrogen (secondary N) is 1. The van der Waals surface area contributed by atoms with Gasteiger partial charge in [-0.05, 0) is 18.2 Å². The predicted molar refractivity (Wildman–Crippen MR) is 70.1 cm³/mol. The Balaban J connectivity index is 2.88. The van der Waals surface area contributed by atoms with Gasteiger partial charge in [-0.3, -0.25) is 4.79 Å². The topological polar surface area (TPSA) is 90.4 Å². The molecule has 0 radical (unpaired) electrons. The van der Waals surface area contributed by atoms with Crippen LogP contribution in [0.15, 0.2) is 22.7 Å². The minimum absolute atomic E-state index is 0.226. The van der Waals surface area contributed by atoms with Crippen molar-refractivity contribution in [2.45, 2.75) is 6.04 Å². The van der Waals surface area contributed by atoms with Crippen LogP contribution in [0.2, 0.25) is 0 Å². The van der Waals surface area contributed by atoms with E-state index < -0.39 is 0 Å². The van der Waals surface area contributed by atoms with Crippen LogP contribution in [0.3, 0.4) is 0 Å². The molecule has 0 unspecified atom stereocenters. The second-order valence-corrected chi connectivity index (χ2v) is 4.40. The van der Waals surface area contributed by atoms with Gasteiger partial charge in [0.05, 0.1) is 18.7 Å². The van der Waals surface area contributed by atoms with E-state index in [4.69, 9.17) is 16.2 Å². The molecule has 17 heavy (non-hydrogen) atoms. The standard InChI is InChI=1S/C11H16BrN3O2/c1-17-10-4-7(12)2-3-9(10)11(16)15-8(5-13)6-14/h2-4,8H,5-6,13-14H2,1H3,(H,15,16). The summed E-state index contributed by atoms with van der Waals surface area (Å²) in [7, 11) is 1.52. The molecule has 1 amide bonds. The van der Waals surface area contributed by atoms with Gasteiger partial charge in [-0.2, -0.15) is 0 Å². The van der Waals surface area contributed by atoms with Crippen molar-refractivity contribution >= 4 is 21.8 Å². The third kappa shape index (κ3) is 3.69. The molecule has 0 fully saturated rings. The second kappa shape index (κ2) is 6.58. The number of amides is 1. The summed E-state index contributed by atoms with van der Waals surface area (Å²) in [6.07, 6.45) is 0. The number of nitrogens with two attached hydrogens (primary N) is 2. The third-order valence-electron chi connectivity index (χ3n) is 2.31. The average Bonchev–Trinajstić information content (AvgIpc) is 2.35. The van der Waals surface area contributed by atoms with E-state index in [9.17, 15) is 4.79 Å². The SMILES string of the molecule is COc1cc(Br)ccc1C(=O)NC(CN)CN. The first-order chi connectivity index (χ1) is 8.12. The van der Waals surface area contributed by atoms with E-state index in [0.29, 0.717) is 24.4 Å². The second-order valence-electron chi connectivity index (χ2n) is 3.49. The van der Waals surface area contributed by atoms with Gasteiger partial charge < -0.3 is 21.5 Å². The fourth-order valence-electron chi connectivity index (χ4n) is 1.33. The highest BCUT2D eigenvalue weighted by Crippen LogP contribution is 2.23. The lowest BCUT2D eigenvalue weighted by Gasteiger charge is -2.15. The van der Waals surface area contributed by atoms with E-state index >= 15 is 0 Å². The first-order valence-corrected chi connectivity index (χ1v) is 5.96. The number of carbonyl (C=O) groups is 1. The summed E-state index contributed by atoms with van der Waals surface area (Å²) in [5, 5.41) is 2.74. The van der Waals surface area contributed by atoms with E-state index in [0.717, 1.165) is 4.47 Å². The molecule has 0 aliphatic rings. The molecule has 5 N–H and O–H groups in total. The first kappa shape index (κ1) is 14.0. The number of carbonyl (C=O) groups excluding carboxylic acids is 1. The monoisotopic (exact) mass is 301 g/mol. The van der Waals surface area contributed by atoms with Crippen molar-refractivity contribution in [3.8, 4) is 5.75 Å². The van der Waals surface area contributed by atoms with Crippen LogP contribution in [0.5, 0.6) is 5.75 Å². The van der Waals surface area contributed by atoms with E-state index in [2.05, 4.69) is 21.2 Å². The Morgan fingerprint density at radius 2 is 2.12 bits per heavy atom. The Bertz CT molecular complexity index is 394. The number of ether oxygens (including phenoxy) is 1. The van der Waals surface area contributed by atoms with Crippen LogP contribution in [0.25, 0.3) is 0 Å². The average molecular weight is 302 g/mol. The van der Waals surface area contributed by atoms with Crippen molar-refractivity contribution in [1.82, 2.24) is 5.32 Å². The summed E-state index contributed by atoms with van der Waals surface area (Å²) in [5.41, 5.74) is 11.4. The number of hydrogen-bond acceptors (Lipinski definition) is 4. The maximum Gasteiger partial charge on any atom is 0.255 e. The van der Waals surface area contributed by atoms with E-state index in [-0.39, 0.29) is 11.9 Å². The molecular formula is C11H16BrN3O2. The molecule has 0 spiro atoms. The normalized spacial score (nSPS) is 10.4. The van der Waals surface area contributed by atoms with Gasteiger partial charge in [-0.15, -0.1) is 0 Å². The molecule has 0 saturated heterocycles. The minimum atomic E-state index is -0.241. The van der Waals surface area contributed by atoms with Crippen molar-refractivity contribution in [1.29, 1.82) is 0 Å².